The number of nitrogens with two attached hydrogens (primary N) is 1. The molecule has 0 atom stereocenters. The predicted molar refractivity (Wildman–Crippen MR) is 88.1 cm³/mol. The highest BCUT2D eigenvalue weighted by molar-refractivity contribution is 7.09. The summed E-state index contributed by atoms with van der Waals surface area (Å²) in [5, 5.41) is 5.96. The molecule has 2 rings (SSSR count). The summed E-state index contributed by atoms with van der Waals surface area (Å²) in [5.74, 6) is -0.377. The highest BCUT2D eigenvalue weighted by Crippen LogP contribution is 2.21. The molecule has 0 saturated heterocycles. The molecule has 0 aliphatic heterocycles. The van der Waals surface area contributed by atoms with E-state index in [-0.39, 0.29) is 24.7 Å². The number of thiophene rings is 1. The molecular weight excluding hydrogens is 315 g/mol. The molecule has 0 radical (unpaired) electrons. The molecule has 1 heterocycles. The summed E-state index contributed by atoms with van der Waals surface area (Å²) >= 11 is 7.77. The molecule has 108 valence electrons. The summed E-state index contributed by atoms with van der Waals surface area (Å²) in [4.78, 5) is 12.3. The molecule has 1 aromatic heterocycles. The molecule has 3 nitrogen and oxygen atoms in total. The maximum Gasteiger partial charge on any atom is 0.221 e. The summed E-state index contributed by atoms with van der Waals surface area (Å²) in [7, 11) is 0. The van der Waals surface area contributed by atoms with E-state index in [1.165, 1.54) is 4.88 Å². The first-order chi connectivity index (χ1) is 9.15. The molecule has 0 saturated carbocycles. The lowest BCUT2D eigenvalue weighted by Crippen LogP contribution is -2.14. The fourth-order valence-electron chi connectivity index (χ4n) is 1.79. The van der Waals surface area contributed by atoms with E-state index in [0.29, 0.717) is 5.02 Å². The van der Waals surface area contributed by atoms with Gasteiger partial charge in [-0.2, -0.15) is 0 Å². The van der Waals surface area contributed by atoms with Crippen molar-refractivity contribution in [1.29, 1.82) is 0 Å². The Morgan fingerprint density at radius 1 is 1.35 bits per heavy atom. The molecule has 1 aromatic carbocycles. The molecule has 0 spiro atoms. The Morgan fingerprint density at radius 3 is 2.80 bits per heavy atom. The van der Waals surface area contributed by atoms with Crippen LogP contribution in [0, 0.1) is 0 Å². The van der Waals surface area contributed by atoms with Crippen LogP contribution in [0.3, 0.4) is 0 Å². The number of carbonyl (C=O) groups excluding carboxylic acids is 1. The van der Waals surface area contributed by atoms with Gasteiger partial charge < -0.3 is 11.1 Å². The van der Waals surface area contributed by atoms with Crippen molar-refractivity contribution in [2.75, 3.05) is 11.9 Å². The first kappa shape index (κ1) is 16.8. The van der Waals surface area contributed by atoms with Crippen LogP contribution < -0.4 is 11.1 Å². The Hall–Kier alpha value is -1.23. The second-order valence-corrected chi connectivity index (χ2v) is 5.64. The second kappa shape index (κ2) is 8.15. The first-order valence-corrected chi connectivity index (χ1v) is 7.24. The van der Waals surface area contributed by atoms with Gasteiger partial charge in [0.2, 0.25) is 5.91 Å². The van der Waals surface area contributed by atoms with Gasteiger partial charge in [-0.25, -0.2) is 0 Å². The molecule has 6 heteroatoms. The number of amides is 1. The topological polar surface area (TPSA) is 55.1 Å². The van der Waals surface area contributed by atoms with Crippen LogP contribution in [0.4, 0.5) is 5.69 Å². The third-order valence-electron chi connectivity index (χ3n) is 2.69. The van der Waals surface area contributed by atoms with Crippen LogP contribution >= 0.6 is 35.3 Å². The lowest BCUT2D eigenvalue weighted by molar-refractivity contribution is -0.117. The van der Waals surface area contributed by atoms with Gasteiger partial charge in [0.05, 0.1) is 6.42 Å². The van der Waals surface area contributed by atoms with E-state index in [4.69, 9.17) is 17.3 Å². The standard InChI is InChI=1S/C14H15ClN2OS.ClH/c15-13-4-3-11(8-10(13)9-14(16)18)17-6-5-12-2-1-7-19-12;/h1-4,7-8,17H,5-6,9H2,(H2,16,18);1H. The number of hydrogen-bond acceptors (Lipinski definition) is 3. The van der Waals surface area contributed by atoms with E-state index in [2.05, 4.69) is 16.8 Å². The largest absolute Gasteiger partial charge is 0.385 e. The summed E-state index contributed by atoms with van der Waals surface area (Å²) in [6, 6.07) is 9.73. The maximum atomic E-state index is 10.9. The van der Waals surface area contributed by atoms with Crippen LogP contribution in [0.1, 0.15) is 10.4 Å². The van der Waals surface area contributed by atoms with Crippen LogP contribution in [0.5, 0.6) is 0 Å². The molecule has 0 fully saturated rings. The third-order valence-corrected chi connectivity index (χ3v) is 4.00. The lowest BCUT2D eigenvalue weighted by Gasteiger charge is -2.08. The minimum absolute atomic E-state index is 0. The van der Waals surface area contributed by atoms with Crippen LogP contribution in [-0.4, -0.2) is 12.5 Å². The van der Waals surface area contributed by atoms with Crippen molar-refractivity contribution in [3.8, 4) is 0 Å². The van der Waals surface area contributed by atoms with Crippen molar-refractivity contribution in [3.05, 3.63) is 51.2 Å². The summed E-state index contributed by atoms with van der Waals surface area (Å²) in [6.45, 7) is 0.845. The molecule has 0 unspecified atom stereocenters. The van der Waals surface area contributed by atoms with Gasteiger partial charge in [0.1, 0.15) is 0 Å². The molecule has 1 amide bonds. The number of benzene rings is 1. The van der Waals surface area contributed by atoms with Gasteiger partial charge in [-0.05, 0) is 41.6 Å². The van der Waals surface area contributed by atoms with Crippen LogP contribution in [0.15, 0.2) is 35.7 Å². The molecular formula is C14H16Cl2N2OS. The molecule has 2 aromatic rings. The number of rotatable bonds is 6. The molecule has 3 N–H and O–H groups in total. The Bertz CT molecular complexity index is 558. The average molecular weight is 331 g/mol. The van der Waals surface area contributed by atoms with Gasteiger partial charge >= 0.3 is 0 Å². The first-order valence-electron chi connectivity index (χ1n) is 5.98. The number of halogens is 2. The molecule has 0 aliphatic carbocycles. The van der Waals surface area contributed by atoms with E-state index < -0.39 is 0 Å². The predicted octanol–water partition coefficient (Wildman–Crippen LogP) is 3.51. The van der Waals surface area contributed by atoms with Gasteiger partial charge in [0, 0.05) is 22.1 Å². The van der Waals surface area contributed by atoms with Crippen molar-refractivity contribution in [2.24, 2.45) is 5.73 Å². The Morgan fingerprint density at radius 2 is 2.15 bits per heavy atom. The molecule has 20 heavy (non-hydrogen) atoms. The molecule has 0 bridgehead atoms. The third kappa shape index (κ3) is 5.04. The van der Waals surface area contributed by atoms with E-state index in [0.717, 1.165) is 24.2 Å². The number of carbonyl (C=O) groups is 1. The van der Waals surface area contributed by atoms with E-state index in [1.54, 1.807) is 17.4 Å². The van der Waals surface area contributed by atoms with Crippen molar-refractivity contribution in [3.63, 3.8) is 0 Å². The minimum atomic E-state index is -0.377. The van der Waals surface area contributed by atoms with Crippen molar-refractivity contribution in [1.82, 2.24) is 0 Å². The quantitative estimate of drug-likeness (QED) is 0.851. The summed E-state index contributed by atoms with van der Waals surface area (Å²) < 4.78 is 0. The van der Waals surface area contributed by atoms with Crippen LogP contribution in [-0.2, 0) is 17.6 Å². The highest BCUT2D eigenvalue weighted by atomic mass is 35.5. The zero-order valence-corrected chi connectivity index (χ0v) is 13.2. The van der Waals surface area contributed by atoms with E-state index >= 15 is 0 Å². The lowest BCUT2D eigenvalue weighted by atomic mass is 10.1. The average Bonchev–Trinajstić information content (AvgIpc) is 2.86. The van der Waals surface area contributed by atoms with Gasteiger partial charge in [-0.1, -0.05) is 17.7 Å². The fourth-order valence-corrected chi connectivity index (χ4v) is 2.69. The number of hydrogen-bond donors (Lipinski definition) is 2. The smallest absolute Gasteiger partial charge is 0.221 e. The minimum Gasteiger partial charge on any atom is -0.385 e. The Balaban J connectivity index is 0.00000200. The number of primary amides is 1. The number of anilines is 1. The SMILES string of the molecule is Cl.NC(=O)Cc1cc(NCCc2cccs2)ccc1Cl. The van der Waals surface area contributed by atoms with Crippen molar-refractivity contribution >= 4 is 46.9 Å². The van der Waals surface area contributed by atoms with E-state index in [9.17, 15) is 4.79 Å². The Kier molecular flexibility index (Phi) is 6.85. The maximum absolute atomic E-state index is 10.9. The highest BCUT2D eigenvalue weighted by Gasteiger charge is 2.05. The monoisotopic (exact) mass is 330 g/mol. The van der Waals surface area contributed by atoms with Crippen LogP contribution in [0.2, 0.25) is 5.02 Å². The van der Waals surface area contributed by atoms with Crippen LogP contribution in [0.25, 0.3) is 0 Å². The van der Waals surface area contributed by atoms with Gasteiger partial charge in [0.25, 0.3) is 0 Å². The fraction of sp³-hybridized carbons (Fsp3) is 0.214. The summed E-state index contributed by atoms with van der Waals surface area (Å²) in [5.41, 5.74) is 6.91. The Labute approximate surface area is 133 Å². The zero-order valence-electron chi connectivity index (χ0n) is 10.8. The van der Waals surface area contributed by atoms with Gasteiger partial charge in [0.15, 0.2) is 0 Å². The summed E-state index contributed by atoms with van der Waals surface area (Å²) in [6.07, 6.45) is 1.14. The van der Waals surface area contributed by atoms with Gasteiger partial charge in [-0.15, -0.1) is 23.7 Å². The van der Waals surface area contributed by atoms with Crippen molar-refractivity contribution in [2.45, 2.75) is 12.8 Å². The van der Waals surface area contributed by atoms with Crippen molar-refractivity contribution < 1.29 is 4.79 Å². The van der Waals surface area contributed by atoms with Gasteiger partial charge in [-0.3, -0.25) is 4.79 Å². The zero-order chi connectivity index (χ0) is 13.7. The number of nitrogens with one attached hydrogen (secondary N) is 1. The van der Waals surface area contributed by atoms with E-state index in [1.807, 2.05) is 18.2 Å². The second-order valence-electron chi connectivity index (χ2n) is 4.21. The molecule has 0 aliphatic rings. The normalized spacial score (nSPS) is 9.85.